The number of aliphatic hydroxyl groups excluding tert-OH is 1. The van der Waals surface area contributed by atoms with Crippen molar-refractivity contribution < 1.29 is 38.6 Å². The molecule has 0 bridgehead atoms. The maximum Gasteiger partial charge on any atom is 0.348 e. The second kappa shape index (κ2) is 30.1. The molecule has 0 amide bonds. The maximum absolute atomic E-state index is 11.7. The zero-order valence-corrected chi connectivity index (χ0v) is 50.4. The lowest BCUT2D eigenvalue weighted by molar-refractivity contribution is -0.139. The molecule has 0 spiro atoms. The Morgan fingerprint density at radius 2 is 1.08 bits per heavy atom. The fraction of sp³-hybridized carbons (Fsp3) is 0.214. The van der Waals surface area contributed by atoms with Gasteiger partial charge in [-0.15, -0.1) is 92.8 Å². The first kappa shape index (κ1) is 60.0. The van der Waals surface area contributed by atoms with Gasteiger partial charge in [-0.2, -0.15) is 12.6 Å². The highest BCUT2D eigenvalue weighted by atomic mass is 35.5. The van der Waals surface area contributed by atoms with E-state index >= 15 is 0 Å². The fourth-order valence-corrected chi connectivity index (χ4v) is 16.7. The molecular weight excluding hydrogens is 1190 g/mol. The van der Waals surface area contributed by atoms with Crippen LogP contribution in [0.25, 0.3) is 36.4 Å². The molecule has 8 aromatic heterocycles. The van der Waals surface area contributed by atoms with Gasteiger partial charge in [0.15, 0.2) is 12.1 Å². The number of rotatable bonds is 7. The monoisotopic (exact) mass is 1240 g/mol. The van der Waals surface area contributed by atoms with Crippen molar-refractivity contribution in [2.24, 2.45) is 0 Å². The van der Waals surface area contributed by atoms with E-state index in [9.17, 15) is 24.0 Å². The summed E-state index contributed by atoms with van der Waals surface area (Å²) in [5.41, 5.74) is 9.61. The first-order chi connectivity index (χ1) is 38.6. The topological polar surface area (TPSA) is 188 Å². The van der Waals surface area contributed by atoms with E-state index in [-0.39, 0.29) is 30.1 Å². The number of hydrogen-bond donors (Lipinski definition) is 2. The quantitative estimate of drug-likeness (QED) is 0.0870. The summed E-state index contributed by atoms with van der Waals surface area (Å²) < 4.78 is 9.52. The van der Waals surface area contributed by atoms with Crippen LogP contribution in [0.1, 0.15) is 77.1 Å². The predicted octanol–water partition coefficient (Wildman–Crippen LogP) is 14.3. The third-order valence-corrected chi connectivity index (χ3v) is 20.7. The number of aromatic nitrogens is 5. The van der Waals surface area contributed by atoms with Gasteiger partial charge in [-0.1, -0.05) is 11.6 Å². The first-order valence-corrected chi connectivity index (χ1v) is 32.6. The Morgan fingerprint density at radius 3 is 1.57 bits per heavy atom. The van der Waals surface area contributed by atoms with Gasteiger partial charge < -0.3 is 14.6 Å². The van der Waals surface area contributed by atoms with E-state index in [0.717, 1.165) is 92.0 Å². The Bertz CT molecular complexity index is 3510. The Hall–Kier alpha value is -5.11. The number of carbonyl (C=O) groups excluding carboxylic acids is 5. The molecule has 5 aliphatic heterocycles. The number of fused-ring (bicyclic) bond motifs is 11. The number of pyridine rings is 5. The Labute approximate surface area is 500 Å². The van der Waals surface area contributed by atoms with E-state index in [2.05, 4.69) is 66.6 Å². The molecule has 0 aliphatic carbocycles. The smallest absolute Gasteiger partial charge is 0.348 e. The van der Waals surface area contributed by atoms with E-state index in [4.69, 9.17) is 21.4 Å². The van der Waals surface area contributed by atoms with E-state index in [1.54, 1.807) is 107 Å². The van der Waals surface area contributed by atoms with Crippen LogP contribution in [0.3, 0.4) is 0 Å². The first-order valence-electron chi connectivity index (χ1n) is 24.2. The Kier molecular flexibility index (Phi) is 22.9. The van der Waals surface area contributed by atoms with Crippen LogP contribution in [0.2, 0.25) is 0 Å². The SMILES string of the molecule is CCOC(=O)CS.CCOC(=O)c1cc2c(s1)-c1cccnc1SC2.O=C1CCSc2ncccc21.O=CC1=C(Cl)c2cccnc2SC1.O=Cc1cc2c(s1)-c1cccnc1SC2.OCc1cc2c(s1)-c1cccnc1SC2. The highest BCUT2D eigenvalue weighted by Gasteiger charge is 2.25. The number of thiol groups is 1. The number of carbonyl (C=O) groups is 5. The number of ketones is 1. The van der Waals surface area contributed by atoms with Crippen molar-refractivity contribution in [3.05, 3.63) is 158 Å². The van der Waals surface area contributed by atoms with Gasteiger partial charge in [0.05, 0.1) is 35.5 Å². The summed E-state index contributed by atoms with van der Waals surface area (Å²) in [6.45, 7) is 4.58. The van der Waals surface area contributed by atoms with Crippen LogP contribution in [-0.4, -0.2) is 90.8 Å². The lowest BCUT2D eigenvalue weighted by atomic mass is 10.1. The number of aldehydes is 2. The van der Waals surface area contributed by atoms with Crippen molar-refractivity contribution in [1.82, 2.24) is 24.9 Å². The average molecular weight is 1240 g/mol. The van der Waals surface area contributed by atoms with E-state index in [0.29, 0.717) is 40.9 Å². The Balaban J connectivity index is 0.000000127. The standard InChI is InChI=1S/C13H11NO2S2.C11H9NOS2.C11H7NOS2.C9H6ClNOS.C8H7NOS.C4H8O2S/c1-2-16-13(15)10-6-8-7-17-12-9(11(8)18-10)4-3-5-14-12;2*13-5-8-4-7-6-14-11-9(10(7)15-8)2-1-3-12-11;10-8-6(4-12)5-13-9-7(8)2-1-3-11-9;10-7-3-5-11-8-6(7)2-1-4-9-8;1-2-6-4(5)3-7/h3-6H,2,7H2,1H3;1-4,13H,5-6H2;1-5H,6H2;1-4H,5H2;1-2,4H,3,5H2;7H,2-3H2,1H3. The van der Waals surface area contributed by atoms with Gasteiger partial charge in [-0.05, 0) is 109 Å². The summed E-state index contributed by atoms with van der Waals surface area (Å²) in [4.78, 5) is 81.9. The van der Waals surface area contributed by atoms with Crippen molar-refractivity contribution in [2.75, 3.05) is 30.5 Å². The zero-order valence-electron chi connectivity index (χ0n) is 42.3. The van der Waals surface area contributed by atoms with Crippen molar-refractivity contribution in [1.29, 1.82) is 0 Å². The van der Waals surface area contributed by atoms with Crippen LogP contribution < -0.4 is 0 Å². The summed E-state index contributed by atoms with van der Waals surface area (Å²) in [6.07, 6.45) is 11.3. The van der Waals surface area contributed by atoms with E-state index in [1.165, 1.54) is 48.9 Å². The molecule has 13 heterocycles. The van der Waals surface area contributed by atoms with Crippen molar-refractivity contribution in [2.45, 2.75) is 69.3 Å². The molecule has 5 aliphatic rings. The second-order valence-corrected chi connectivity index (χ2v) is 25.3. The van der Waals surface area contributed by atoms with Gasteiger partial charge in [0.25, 0.3) is 0 Å². The largest absolute Gasteiger partial charge is 0.465 e. The molecule has 0 aromatic carbocycles. The third kappa shape index (κ3) is 15.5. The minimum absolute atomic E-state index is 0.137. The molecule has 23 heteroatoms. The van der Waals surface area contributed by atoms with Crippen molar-refractivity contribution >= 4 is 152 Å². The third-order valence-electron chi connectivity index (χ3n) is 11.3. The molecule has 0 radical (unpaired) electrons. The zero-order chi connectivity index (χ0) is 55.7. The minimum atomic E-state index is -0.258. The number of aliphatic hydroxyl groups is 1. The number of Topliss-reactive ketones (excluding diaryl/α,β-unsaturated/α-hetero) is 1. The molecule has 0 fully saturated rings. The summed E-state index contributed by atoms with van der Waals surface area (Å²) in [5.74, 6) is 4.17. The molecule has 0 unspecified atom stereocenters. The van der Waals surface area contributed by atoms with Crippen LogP contribution in [0.15, 0.2) is 141 Å². The van der Waals surface area contributed by atoms with Gasteiger partial charge in [-0.25, -0.2) is 29.7 Å². The summed E-state index contributed by atoms with van der Waals surface area (Å²) in [7, 11) is 0. The summed E-state index contributed by atoms with van der Waals surface area (Å²) in [5, 5.41) is 14.7. The van der Waals surface area contributed by atoms with Crippen LogP contribution in [-0.2, 0) is 42.9 Å². The summed E-state index contributed by atoms with van der Waals surface area (Å²) in [6, 6.07) is 25.4. The molecular formula is C56H48ClN5O8S9. The van der Waals surface area contributed by atoms with E-state index < -0.39 is 0 Å². The highest BCUT2D eigenvalue weighted by Crippen LogP contribution is 2.47. The van der Waals surface area contributed by atoms with Crippen LogP contribution in [0, 0.1) is 0 Å². The molecule has 1 N–H and O–H groups in total. The van der Waals surface area contributed by atoms with E-state index in [1.807, 2.05) is 73.9 Å². The molecule has 0 saturated carbocycles. The summed E-state index contributed by atoms with van der Waals surface area (Å²) >= 11 is 22.8. The van der Waals surface area contributed by atoms with Gasteiger partial charge in [0.2, 0.25) is 0 Å². The molecule has 0 saturated heterocycles. The second-order valence-electron chi connectivity index (χ2n) is 16.4. The van der Waals surface area contributed by atoms with Gasteiger partial charge in [-0.3, -0.25) is 19.2 Å². The maximum atomic E-state index is 11.7. The van der Waals surface area contributed by atoms with Gasteiger partial charge in [0, 0.05) is 119 Å². The number of ether oxygens (including phenoxy) is 2. The number of thiophene rings is 3. The molecule has 13 nitrogen and oxygen atoms in total. The average Bonchev–Trinajstić information content (AvgIpc) is 4.30. The van der Waals surface area contributed by atoms with Crippen LogP contribution in [0.4, 0.5) is 0 Å². The lowest BCUT2D eigenvalue weighted by Crippen LogP contribution is -2.08. The number of nitrogens with zero attached hydrogens (tertiary/aromatic N) is 5. The van der Waals surface area contributed by atoms with Crippen LogP contribution >= 0.6 is 117 Å². The number of thioether (sulfide) groups is 5. The number of hydrogen-bond acceptors (Lipinski definition) is 22. The minimum Gasteiger partial charge on any atom is -0.465 e. The van der Waals surface area contributed by atoms with Crippen molar-refractivity contribution in [3.63, 3.8) is 0 Å². The molecule has 8 aromatic rings. The lowest BCUT2D eigenvalue weighted by Gasteiger charge is -2.14. The van der Waals surface area contributed by atoms with Crippen LogP contribution in [0.5, 0.6) is 0 Å². The van der Waals surface area contributed by atoms with Crippen molar-refractivity contribution in [3.8, 4) is 31.3 Å². The molecule has 406 valence electrons. The van der Waals surface area contributed by atoms with Gasteiger partial charge in [0.1, 0.15) is 36.3 Å². The predicted molar refractivity (Wildman–Crippen MR) is 327 cm³/mol. The molecule has 0 atom stereocenters. The fourth-order valence-electron chi connectivity index (χ4n) is 7.72. The normalized spacial score (nSPS) is 13.5. The highest BCUT2D eigenvalue weighted by molar-refractivity contribution is 8.00. The number of halogens is 1. The molecule has 13 rings (SSSR count). The van der Waals surface area contributed by atoms with Gasteiger partial charge >= 0.3 is 11.9 Å². The Morgan fingerprint density at radius 1 is 0.608 bits per heavy atom. The molecule has 79 heavy (non-hydrogen) atoms. The number of esters is 2.